The summed E-state index contributed by atoms with van der Waals surface area (Å²) in [5.74, 6) is -8.36. The summed E-state index contributed by atoms with van der Waals surface area (Å²) in [6, 6.07) is 0. The van der Waals surface area contributed by atoms with Gasteiger partial charge in [-0.3, -0.25) is 24.0 Å². The molecule has 3 unspecified atom stereocenters. The number of carbonyl (C=O) groups is 6. The van der Waals surface area contributed by atoms with Crippen LogP contribution in [0.5, 0.6) is 0 Å². The van der Waals surface area contributed by atoms with Gasteiger partial charge in [0.25, 0.3) is 0 Å². The Bertz CT molecular complexity index is 1590. The Balaban J connectivity index is 1.41. The molecule has 8 fully saturated rings. The summed E-state index contributed by atoms with van der Waals surface area (Å²) < 4.78 is 36.8. The van der Waals surface area contributed by atoms with E-state index >= 15 is 0 Å². The molecule has 1 N–H and O–H groups in total. The first kappa shape index (κ1) is 32.3. The molecule has 48 heavy (non-hydrogen) atoms. The molecule has 19 atom stereocenters. The van der Waals surface area contributed by atoms with E-state index < -0.39 is 135 Å². The lowest BCUT2D eigenvalue weighted by Crippen LogP contribution is -2.73. The van der Waals surface area contributed by atoms with E-state index in [4.69, 9.17) is 28.4 Å². The average molecular weight is 673 g/mol. The minimum atomic E-state index is -2.21. The maximum atomic E-state index is 14.8. The van der Waals surface area contributed by atoms with Crippen molar-refractivity contribution < 1.29 is 62.3 Å². The first-order chi connectivity index (χ1) is 22.2. The van der Waals surface area contributed by atoms with Crippen molar-refractivity contribution >= 4 is 35.4 Å². The molecule has 0 aromatic heterocycles. The number of epoxide rings is 2. The molecule has 13 heteroatoms. The molecule has 0 aromatic carbocycles. The molecule has 5 saturated carbocycles. The van der Waals surface area contributed by atoms with Crippen LogP contribution in [0, 0.1) is 57.7 Å². The van der Waals surface area contributed by atoms with Crippen molar-refractivity contribution in [1.29, 1.82) is 0 Å². The first-order valence-corrected chi connectivity index (χ1v) is 17.1. The topological polar surface area (TPSA) is 185 Å². The number of aliphatic hydroxyl groups is 1. The predicted molar refractivity (Wildman–Crippen MR) is 158 cm³/mol. The van der Waals surface area contributed by atoms with Crippen LogP contribution in [0.3, 0.4) is 0 Å². The Labute approximate surface area is 278 Å². The van der Waals surface area contributed by atoms with Gasteiger partial charge >= 0.3 is 23.9 Å². The van der Waals surface area contributed by atoms with Gasteiger partial charge in [-0.05, 0) is 39.0 Å². The van der Waals surface area contributed by atoms with E-state index in [1.165, 1.54) is 27.7 Å². The molecule has 0 bridgehead atoms. The van der Waals surface area contributed by atoms with E-state index in [9.17, 15) is 33.9 Å². The second-order valence-corrected chi connectivity index (χ2v) is 16.8. The third-order valence-corrected chi connectivity index (χ3v) is 14.8. The Hall–Kier alpha value is -2.90. The van der Waals surface area contributed by atoms with Gasteiger partial charge in [0.15, 0.2) is 23.3 Å². The van der Waals surface area contributed by atoms with Crippen molar-refractivity contribution in [1.82, 2.24) is 0 Å². The van der Waals surface area contributed by atoms with Crippen LogP contribution in [0.4, 0.5) is 0 Å². The summed E-state index contributed by atoms with van der Waals surface area (Å²) in [5.41, 5.74) is -7.09. The van der Waals surface area contributed by atoms with Gasteiger partial charge in [0.2, 0.25) is 0 Å². The minimum absolute atomic E-state index is 0.314. The molecule has 3 saturated heterocycles. The number of ketones is 2. The van der Waals surface area contributed by atoms with Crippen molar-refractivity contribution in [3.8, 4) is 0 Å². The van der Waals surface area contributed by atoms with Crippen LogP contribution in [0.25, 0.3) is 0 Å². The lowest BCUT2D eigenvalue weighted by Gasteiger charge is -2.65. The summed E-state index contributed by atoms with van der Waals surface area (Å²) in [4.78, 5) is 81.3. The summed E-state index contributed by atoms with van der Waals surface area (Å²) in [5, 5.41) is 11.8. The van der Waals surface area contributed by atoms with Crippen LogP contribution in [0.2, 0.25) is 0 Å². The molecular weight excluding hydrogens is 628 g/mol. The largest absolute Gasteiger partial charge is 0.462 e. The molecule has 8 aliphatic rings. The molecule has 0 amide bonds. The molecule has 0 spiro atoms. The highest BCUT2D eigenvalue weighted by molar-refractivity contribution is 6.01. The maximum Gasteiger partial charge on any atom is 0.339 e. The summed E-state index contributed by atoms with van der Waals surface area (Å²) in [7, 11) is 0. The predicted octanol–water partition coefficient (Wildman–Crippen LogP) is 1.33. The summed E-state index contributed by atoms with van der Waals surface area (Å²) in [6.07, 6.45) is -5.38. The zero-order valence-electron chi connectivity index (χ0n) is 28.6. The van der Waals surface area contributed by atoms with E-state index in [0.29, 0.717) is 6.42 Å². The van der Waals surface area contributed by atoms with Crippen LogP contribution in [-0.2, 0) is 57.2 Å². The zero-order valence-corrected chi connectivity index (χ0v) is 28.6. The van der Waals surface area contributed by atoms with Crippen molar-refractivity contribution in [3.63, 3.8) is 0 Å². The van der Waals surface area contributed by atoms with Crippen molar-refractivity contribution in [2.45, 2.75) is 123 Å². The molecule has 5 aliphatic carbocycles. The first-order valence-electron chi connectivity index (χ1n) is 17.1. The Kier molecular flexibility index (Phi) is 6.23. The molecule has 8 rings (SSSR count). The van der Waals surface area contributed by atoms with Crippen LogP contribution in [0.1, 0.15) is 68.7 Å². The van der Waals surface area contributed by atoms with Crippen molar-refractivity contribution in [3.05, 3.63) is 0 Å². The SMILES string of the molecule is CC(=O)O[C@H]1C(=O)[C@H]2C[C@@H]3O[C@@H]3[C@H](OC(C)=O)[C@]2(C)[C@H]2[C@H](C)[C@H](OC(C)=O)[C@@]3(C)[C@H]([C@@H]21)[C@H]1OC(=O)[C@@](C)(O)[C@@]2(C)C(=O)C4OC4(C)[C@H]3C12. The lowest BCUT2D eigenvalue weighted by atomic mass is 9.39. The normalized spacial score (nSPS) is 58.1. The number of ether oxygens (including phenoxy) is 6. The number of fused-ring (bicyclic) bond motifs is 10. The molecule has 3 heterocycles. The van der Waals surface area contributed by atoms with Crippen molar-refractivity contribution in [2.24, 2.45) is 57.7 Å². The van der Waals surface area contributed by atoms with Crippen LogP contribution >= 0.6 is 0 Å². The number of Topliss-reactive ketones (excluding diaryl/α,β-unsaturated/α-hetero) is 2. The molecule has 0 aromatic rings. The Morgan fingerprint density at radius 2 is 1.42 bits per heavy atom. The number of hydrogen-bond acceptors (Lipinski definition) is 13. The van der Waals surface area contributed by atoms with E-state index in [0.717, 1.165) is 0 Å². The van der Waals surface area contributed by atoms with Crippen LogP contribution in [0.15, 0.2) is 0 Å². The van der Waals surface area contributed by atoms with Gasteiger partial charge in [-0.1, -0.05) is 20.8 Å². The van der Waals surface area contributed by atoms with Crippen LogP contribution in [-0.4, -0.2) is 94.5 Å². The van der Waals surface area contributed by atoms with Gasteiger partial charge in [-0.25, -0.2) is 4.79 Å². The van der Waals surface area contributed by atoms with Gasteiger partial charge < -0.3 is 33.5 Å². The third kappa shape index (κ3) is 3.44. The third-order valence-electron chi connectivity index (χ3n) is 14.8. The maximum absolute atomic E-state index is 14.8. The monoisotopic (exact) mass is 672 g/mol. The Morgan fingerprint density at radius 1 is 0.812 bits per heavy atom. The van der Waals surface area contributed by atoms with E-state index in [1.54, 1.807) is 6.92 Å². The van der Waals surface area contributed by atoms with E-state index in [2.05, 4.69) is 0 Å². The second-order valence-electron chi connectivity index (χ2n) is 16.8. The van der Waals surface area contributed by atoms with Gasteiger partial charge in [-0.2, -0.15) is 0 Å². The highest BCUT2D eigenvalue weighted by Gasteiger charge is 2.90. The number of hydrogen-bond donors (Lipinski definition) is 1. The summed E-state index contributed by atoms with van der Waals surface area (Å²) in [6.45, 7) is 14.3. The van der Waals surface area contributed by atoms with E-state index in [1.807, 2.05) is 27.7 Å². The lowest BCUT2D eigenvalue weighted by molar-refractivity contribution is -0.258. The van der Waals surface area contributed by atoms with Gasteiger partial charge in [0, 0.05) is 61.2 Å². The van der Waals surface area contributed by atoms with Gasteiger partial charge in [0.05, 0.1) is 11.5 Å². The number of esters is 4. The molecule has 13 nitrogen and oxygen atoms in total. The number of rotatable bonds is 3. The fraction of sp³-hybridized carbons (Fsp3) is 0.829. The highest BCUT2D eigenvalue weighted by atomic mass is 16.6. The molecule has 3 aliphatic heterocycles. The quantitative estimate of drug-likeness (QED) is 0.258. The van der Waals surface area contributed by atoms with Crippen LogP contribution < -0.4 is 0 Å². The van der Waals surface area contributed by atoms with Gasteiger partial charge in [-0.15, -0.1) is 0 Å². The molecule has 262 valence electrons. The molecule has 0 radical (unpaired) electrons. The van der Waals surface area contributed by atoms with E-state index in [-0.39, 0.29) is 11.9 Å². The highest BCUT2D eigenvalue weighted by Crippen LogP contribution is 2.79. The van der Waals surface area contributed by atoms with Crippen molar-refractivity contribution in [2.75, 3.05) is 0 Å². The second kappa shape index (κ2) is 9.25. The standard InChI is InChI=1S/C35H44O13/c1-11-18-17(23(43-12(2)36)21(39)15-10-16-22(46-16)28(31(15,18)5)45-14(4)38)19-24-20-25(32(19,6)27(11)44-13(3)37)34(8)29(48-34)26(40)33(20,7)35(9,42)30(41)47-24/h11,15-20,22-25,27-29,42H,10H2,1-9H3/t11-,15+,16-,17+,18-,19+,20?,22-,23+,24+,25-,27-,28-,29?,31-,32-,33+,34?,35+/m0/s1. The summed E-state index contributed by atoms with van der Waals surface area (Å²) >= 11 is 0. The molecular formula is C35H44O13. The smallest absolute Gasteiger partial charge is 0.339 e. The minimum Gasteiger partial charge on any atom is -0.462 e. The fourth-order valence-corrected chi connectivity index (χ4v) is 13.0. The number of carbonyl (C=O) groups excluding carboxylic acids is 6. The zero-order chi connectivity index (χ0) is 35.0. The Morgan fingerprint density at radius 3 is 2.02 bits per heavy atom. The van der Waals surface area contributed by atoms with Gasteiger partial charge in [0.1, 0.15) is 36.1 Å². The average Bonchev–Trinajstić information content (AvgIpc) is 3.87. The fourth-order valence-electron chi connectivity index (χ4n) is 13.0.